The van der Waals surface area contributed by atoms with E-state index in [1.54, 1.807) is 7.11 Å². The Morgan fingerprint density at radius 1 is 1.15 bits per heavy atom. The van der Waals surface area contributed by atoms with Gasteiger partial charge in [-0.1, -0.05) is 6.07 Å². The normalized spacial score (nSPS) is 10.7. The smallest absolute Gasteiger partial charge is 0.193 e. The molecule has 0 aliphatic heterocycles. The molecule has 2 aromatic rings. The van der Waals surface area contributed by atoms with Crippen LogP contribution in [-0.4, -0.2) is 35.2 Å². The molecule has 0 radical (unpaired) electrons. The molecule has 0 aliphatic rings. The molecule has 0 saturated carbocycles. The fraction of sp³-hybridized carbons (Fsp3) is 0.357. The minimum atomic E-state index is 0.714. The van der Waals surface area contributed by atoms with E-state index < -0.39 is 0 Å². The zero-order chi connectivity index (χ0) is 14.2. The molecule has 0 bridgehead atoms. The van der Waals surface area contributed by atoms with E-state index in [0.717, 1.165) is 29.2 Å². The van der Waals surface area contributed by atoms with Crippen LogP contribution in [0.5, 0.6) is 0 Å². The third kappa shape index (κ3) is 4.88. The second-order valence-electron chi connectivity index (χ2n) is 4.32. The van der Waals surface area contributed by atoms with E-state index in [0.29, 0.717) is 11.8 Å². The Morgan fingerprint density at radius 2 is 1.95 bits per heavy atom. The van der Waals surface area contributed by atoms with Gasteiger partial charge in [0, 0.05) is 38.8 Å². The van der Waals surface area contributed by atoms with E-state index in [-0.39, 0.29) is 0 Å². The van der Waals surface area contributed by atoms with Crippen LogP contribution in [0.3, 0.4) is 0 Å². The summed E-state index contributed by atoms with van der Waals surface area (Å²) < 4.78 is 4.98. The zero-order valence-electron chi connectivity index (χ0n) is 11.7. The van der Waals surface area contributed by atoms with Gasteiger partial charge in [-0.3, -0.25) is 0 Å². The van der Waals surface area contributed by atoms with Crippen LogP contribution in [0, 0.1) is 6.92 Å². The van der Waals surface area contributed by atoms with Crippen LogP contribution in [0.15, 0.2) is 40.9 Å². The molecule has 0 fully saturated rings. The summed E-state index contributed by atoms with van der Waals surface area (Å²) in [5, 5.41) is 4.90. The van der Waals surface area contributed by atoms with Crippen molar-refractivity contribution in [2.45, 2.75) is 23.7 Å². The third-order valence-corrected chi connectivity index (χ3v) is 3.41. The van der Waals surface area contributed by atoms with Crippen molar-refractivity contribution in [2.75, 3.05) is 20.3 Å². The number of hydrogen-bond acceptors (Lipinski definition) is 6. The van der Waals surface area contributed by atoms with Gasteiger partial charge in [0.05, 0.1) is 6.61 Å². The van der Waals surface area contributed by atoms with Gasteiger partial charge in [0.1, 0.15) is 5.03 Å². The number of ether oxygens (including phenoxy) is 1. The van der Waals surface area contributed by atoms with Crippen molar-refractivity contribution in [1.82, 2.24) is 20.3 Å². The van der Waals surface area contributed by atoms with Gasteiger partial charge in [-0.2, -0.15) is 0 Å². The molecule has 2 aromatic heterocycles. The van der Waals surface area contributed by atoms with Crippen LogP contribution >= 0.6 is 11.8 Å². The predicted octanol–water partition coefficient (Wildman–Crippen LogP) is 2.07. The number of aryl methyl sites for hydroxylation is 1. The standard InChI is InChI=1S/C14H18N4OS/c1-11-7-17-14(18-8-11)20-13-4-3-12(10-16-13)9-15-5-6-19-2/h3-4,7-8,10,15H,5-6,9H2,1-2H3. The van der Waals surface area contributed by atoms with Gasteiger partial charge < -0.3 is 10.1 Å². The number of nitrogens with one attached hydrogen (secondary N) is 1. The van der Waals surface area contributed by atoms with Crippen molar-refractivity contribution >= 4 is 11.8 Å². The van der Waals surface area contributed by atoms with Crippen LogP contribution in [0.25, 0.3) is 0 Å². The number of aromatic nitrogens is 3. The first-order valence-corrected chi connectivity index (χ1v) is 7.20. The van der Waals surface area contributed by atoms with Gasteiger partial charge in [0.15, 0.2) is 5.16 Å². The first-order valence-electron chi connectivity index (χ1n) is 6.39. The van der Waals surface area contributed by atoms with E-state index in [2.05, 4.69) is 26.3 Å². The lowest BCUT2D eigenvalue weighted by atomic mass is 10.3. The molecule has 20 heavy (non-hydrogen) atoms. The molecule has 106 valence electrons. The Balaban J connectivity index is 1.86. The molecule has 0 saturated heterocycles. The van der Waals surface area contributed by atoms with Crippen LogP contribution in [0.2, 0.25) is 0 Å². The average Bonchev–Trinajstić information content (AvgIpc) is 2.48. The number of methoxy groups -OCH3 is 1. The fourth-order valence-corrected chi connectivity index (χ4v) is 2.15. The Bertz CT molecular complexity index is 516. The van der Waals surface area contributed by atoms with Gasteiger partial charge >= 0.3 is 0 Å². The van der Waals surface area contributed by atoms with Gasteiger partial charge in [-0.05, 0) is 35.9 Å². The summed E-state index contributed by atoms with van der Waals surface area (Å²) in [6.07, 6.45) is 5.49. The van der Waals surface area contributed by atoms with E-state index in [1.165, 1.54) is 11.8 Å². The van der Waals surface area contributed by atoms with Crippen LogP contribution in [0.1, 0.15) is 11.1 Å². The molecule has 6 heteroatoms. The van der Waals surface area contributed by atoms with Crippen molar-refractivity contribution in [2.24, 2.45) is 0 Å². The minimum Gasteiger partial charge on any atom is -0.383 e. The summed E-state index contributed by atoms with van der Waals surface area (Å²) in [4.78, 5) is 12.9. The van der Waals surface area contributed by atoms with Crippen molar-refractivity contribution in [3.05, 3.63) is 41.9 Å². The lowest BCUT2D eigenvalue weighted by Crippen LogP contribution is -2.18. The summed E-state index contributed by atoms with van der Waals surface area (Å²) in [5.41, 5.74) is 2.20. The lowest BCUT2D eigenvalue weighted by molar-refractivity contribution is 0.199. The molecule has 0 amide bonds. The largest absolute Gasteiger partial charge is 0.383 e. The molecule has 0 spiro atoms. The number of pyridine rings is 1. The topological polar surface area (TPSA) is 59.9 Å². The molecule has 2 rings (SSSR count). The Kier molecular flexibility index (Phi) is 5.91. The first-order chi connectivity index (χ1) is 9.78. The monoisotopic (exact) mass is 290 g/mol. The Hall–Kier alpha value is -1.50. The third-order valence-electron chi connectivity index (χ3n) is 2.56. The average molecular weight is 290 g/mol. The second-order valence-corrected chi connectivity index (χ2v) is 5.31. The summed E-state index contributed by atoms with van der Waals surface area (Å²) in [5.74, 6) is 0. The molecule has 0 unspecified atom stereocenters. The van der Waals surface area contributed by atoms with Gasteiger partial charge in [0.2, 0.25) is 0 Å². The van der Waals surface area contributed by atoms with Gasteiger partial charge in [-0.25, -0.2) is 15.0 Å². The highest BCUT2D eigenvalue weighted by atomic mass is 32.2. The first kappa shape index (κ1) is 14.9. The quantitative estimate of drug-likeness (QED) is 0.622. The summed E-state index contributed by atoms with van der Waals surface area (Å²) in [6, 6.07) is 4.05. The molecule has 0 atom stereocenters. The minimum absolute atomic E-state index is 0.714. The lowest BCUT2D eigenvalue weighted by Gasteiger charge is -2.05. The molecule has 0 aliphatic carbocycles. The summed E-state index contributed by atoms with van der Waals surface area (Å²) in [7, 11) is 1.70. The fourth-order valence-electron chi connectivity index (χ4n) is 1.51. The molecule has 0 aromatic carbocycles. The Labute approximate surface area is 123 Å². The maximum Gasteiger partial charge on any atom is 0.193 e. The van der Waals surface area contributed by atoms with Gasteiger partial charge in [-0.15, -0.1) is 0 Å². The SMILES string of the molecule is COCCNCc1ccc(Sc2ncc(C)cn2)nc1. The maximum absolute atomic E-state index is 4.98. The van der Waals surface area contributed by atoms with Crippen molar-refractivity contribution in [3.8, 4) is 0 Å². The highest BCUT2D eigenvalue weighted by molar-refractivity contribution is 7.99. The van der Waals surface area contributed by atoms with E-state index in [1.807, 2.05) is 31.6 Å². The number of nitrogens with zero attached hydrogens (tertiary/aromatic N) is 3. The second kappa shape index (κ2) is 7.94. The molecular formula is C14H18N4OS. The molecule has 2 heterocycles. The summed E-state index contributed by atoms with van der Waals surface area (Å²) >= 11 is 1.46. The van der Waals surface area contributed by atoms with Crippen molar-refractivity contribution in [1.29, 1.82) is 0 Å². The van der Waals surface area contributed by atoms with Crippen molar-refractivity contribution < 1.29 is 4.74 Å². The molecular weight excluding hydrogens is 272 g/mol. The van der Waals surface area contributed by atoms with Crippen LogP contribution in [0.4, 0.5) is 0 Å². The van der Waals surface area contributed by atoms with Crippen LogP contribution in [-0.2, 0) is 11.3 Å². The highest BCUT2D eigenvalue weighted by Gasteiger charge is 2.02. The van der Waals surface area contributed by atoms with Crippen molar-refractivity contribution in [3.63, 3.8) is 0 Å². The maximum atomic E-state index is 4.98. The van der Waals surface area contributed by atoms with E-state index in [9.17, 15) is 0 Å². The number of rotatable bonds is 7. The highest BCUT2D eigenvalue weighted by Crippen LogP contribution is 2.21. The Morgan fingerprint density at radius 3 is 2.60 bits per heavy atom. The van der Waals surface area contributed by atoms with Gasteiger partial charge in [0.25, 0.3) is 0 Å². The predicted molar refractivity (Wildman–Crippen MR) is 78.7 cm³/mol. The zero-order valence-corrected chi connectivity index (χ0v) is 12.5. The van der Waals surface area contributed by atoms with Crippen LogP contribution < -0.4 is 5.32 Å². The summed E-state index contributed by atoms with van der Waals surface area (Å²) in [6.45, 7) is 4.32. The molecule has 5 nitrogen and oxygen atoms in total. The number of hydrogen-bond donors (Lipinski definition) is 1. The molecule has 1 N–H and O–H groups in total. The van der Waals surface area contributed by atoms with E-state index in [4.69, 9.17) is 4.74 Å². The van der Waals surface area contributed by atoms with E-state index >= 15 is 0 Å².